The number of nitrogens with zero attached hydrogens (tertiary/aromatic N) is 2. The molecule has 3 rings (SSSR count). The summed E-state index contributed by atoms with van der Waals surface area (Å²) in [6, 6.07) is 1.51. The number of fused-ring (bicyclic) bond motifs is 2. The smallest absolute Gasteiger partial charge is 0.301 e. The largest absolute Gasteiger partial charge is 0.330 e. The van der Waals surface area contributed by atoms with Crippen molar-refractivity contribution in [3.63, 3.8) is 0 Å². The first-order valence-corrected chi connectivity index (χ1v) is 6.99. The molecule has 4 heteroatoms. The predicted octanol–water partition coefficient (Wildman–Crippen LogP) is 1.47. The van der Waals surface area contributed by atoms with E-state index >= 15 is 0 Å². The predicted molar refractivity (Wildman–Crippen MR) is 69.6 cm³/mol. The molecule has 98 valence electrons. The van der Waals surface area contributed by atoms with Gasteiger partial charge in [0.2, 0.25) is 0 Å². The van der Waals surface area contributed by atoms with Crippen LogP contribution in [0.5, 0.6) is 0 Å². The van der Waals surface area contributed by atoms with Crippen molar-refractivity contribution >= 4 is 0 Å². The fourth-order valence-corrected chi connectivity index (χ4v) is 3.80. The molecule has 1 aromatic rings. The van der Waals surface area contributed by atoms with Crippen LogP contribution in [0.4, 0.5) is 0 Å². The van der Waals surface area contributed by atoms with E-state index in [9.17, 15) is 9.59 Å². The third kappa shape index (κ3) is 1.84. The molecule has 0 amide bonds. The SMILES string of the molecule is CCn1ccc(=O)n(CC2CC3CCC2C3)c1=O. The normalized spacial score (nSPS) is 29.9. The Morgan fingerprint density at radius 2 is 2.11 bits per heavy atom. The van der Waals surface area contributed by atoms with Crippen LogP contribution in [0.2, 0.25) is 0 Å². The minimum atomic E-state index is -0.146. The first-order valence-electron chi connectivity index (χ1n) is 6.99. The number of aryl methyl sites for hydroxylation is 1. The average molecular weight is 248 g/mol. The van der Waals surface area contributed by atoms with E-state index in [1.807, 2.05) is 6.92 Å². The molecule has 2 fully saturated rings. The molecule has 4 nitrogen and oxygen atoms in total. The van der Waals surface area contributed by atoms with E-state index < -0.39 is 0 Å². The molecular formula is C14H20N2O2. The summed E-state index contributed by atoms with van der Waals surface area (Å²) in [5.74, 6) is 2.14. The van der Waals surface area contributed by atoms with E-state index in [0.29, 0.717) is 19.0 Å². The summed E-state index contributed by atoms with van der Waals surface area (Å²) in [5, 5.41) is 0. The zero-order valence-corrected chi connectivity index (χ0v) is 10.8. The van der Waals surface area contributed by atoms with Gasteiger partial charge in [-0.05, 0) is 43.9 Å². The molecular weight excluding hydrogens is 228 g/mol. The van der Waals surface area contributed by atoms with Gasteiger partial charge >= 0.3 is 5.69 Å². The van der Waals surface area contributed by atoms with E-state index in [2.05, 4.69) is 0 Å². The van der Waals surface area contributed by atoms with E-state index in [1.54, 1.807) is 10.8 Å². The molecule has 3 atom stereocenters. The van der Waals surface area contributed by atoms with Crippen LogP contribution in [0.25, 0.3) is 0 Å². The number of rotatable bonds is 3. The third-order valence-corrected chi connectivity index (χ3v) is 4.78. The maximum atomic E-state index is 12.1. The van der Waals surface area contributed by atoms with E-state index in [4.69, 9.17) is 0 Å². The van der Waals surface area contributed by atoms with Crippen molar-refractivity contribution in [3.8, 4) is 0 Å². The summed E-state index contributed by atoms with van der Waals surface area (Å²) < 4.78 is 3.05. The average Bonchev–Trinajstić information content (AvgIpc) is 2.96. The zero-order valence-electron chi connectivity index (χ0n) is 10.8. The molecule has 0 spiro atoms. The third-order valence-electron chi connectivity index (χ3n) is 4.78. The molecule has 2 bridgehead atoms. The highest BCUT2D eigenvalue weighted by molar-refractivity contribution is 4.92. The molecule has 0 radical (unpaired) electrons. The van der Waals surface area contributed by atoms with Gasteiger partial charge < -0.3 is 4.57 Å². The Morgan fingerprint density at radius 1 is 1.28 bits per heavy atom. The summed E-state index contributed by atoms with van der Waals surface area (Å²) in [6.45, 7) is 3.17. The van der Waals surface area contributed by atoms with Gasteiger partial charge in [-0.2, -0.15) is 0 Å². The lowest BCUT2D eigenvalue weighted by Crippen LogP contribution is -2.41. The van der Waals surface area contributed by atoms with Crippen LogP contribution in [0.3, 0.4) is 0 Å². The summed E-state index contributed by atoms with van der Waals surface area (Å²) in [6.07, 6.45) is 6.76. The first kappa shape index (κ1) is 11.8. The maximum Gasteiger partial charge on any atom is 0.330 e. The van der Waals surface area contributed by atoms with Crippen LogP contribution >= 0.6 is 0 Å². The quantitative estimate of drug-likeness (QED) is 0.813. The van der Waals surface area contributed by atoms with Gasteiger partial charge in [-0.3, -0.25) is 9.36 Å². The zero-order chi connectivity index (χ0) is 12.7. The number of hydrogen-bond acceptors (Lipinski definition) is 2. The fourth-order valence-electron chi connectivity index (χ4n) is 3.80. The van der Waals surface area contributed by atoms with E-state index in [0.717, 1.165) is 11.8 Å². The Bertz CT molecular complexity index is 558. The van der Waals surface area contributed by atoms with Crippen LogP contribution in [0.15, 0.2) is 21.9 Å². The van der Waals surface area contributed by atoms with Crippen molar-refractivity contribution in [2.45, 2.75) is 45.7 Å². The van der Waals surface area contributed by atoms with Gasteiger partial charge in [0.25, 0.3) is 5.56 Å². The van der Waals surface area contributed by atoms with Gasteiger partial charge in [0.15, 0.2) is 0 Å². The van der Waals surface area contributed by atoms with Crippen molar-refractivity contribution in [2.24, 2.45) is 17.8 Å². The van der Waals surface area contributed by atoms with Crippen LogP contribution in [-0.4, -0.2) is 9.13 Å². The Morgan fingerprint density at radius 3 is 2.72 bits per heavy atom. The summed E-state index contributed by atoms with van der Waals surface area (Å²) in [4.78, 5) is 24.0. The molecule has 18 heavy (non-hydrogen) atoms. The van der Waals surface area contributed by atoms with Gasteiger partial charge in [0.1, 0.15) is 0 Å². The second-order valence-corrected chi connectivity index (χ2v) is 5.77. The van der Waals surface area contributed by atoms with Gasteiger partial charge in [0.05, 0.1) is 0 Å². The highest BCUT2D eigenvalue weighted by Crippen LogP contribution is 2.48. The fraction of sp³-hybridized carbons (Fsp3) is 0.714. The Kier molecular flexibility index (Phi) is 2.88. The second kappa shape index (κ2) is 4.41. The van der Waals surface area contributed by atoms with Crippen LogP contribution < -0.4 is 11.2 Å². The molecule has 2 aliphatic rings. The molecule has 2 saturated carbocycles. The van der Waals surface area contributed by atoms with Crippen molar-refractivity contribution in [3.05, 3.63) is 33.1 Å². The summed E-state index contributed by atoms with van der Waals surface area (Å²) >= 11 is 0. The topological polar surface area (TPSA) is 44.0 Å². The minimum Gasteiger partial charge on any atom is -0.301 e. The first-order chi connectivity index (χ1) is 8.69. The Labute approximate surface area is 106 Å². The summed E-state index contributed by atoms with van der Waals surface area (Å²) in [7, 11) is 0. The van der Waals surface area contributed by atoms with E-state index in [-0.39, 0.29) is 11.2 Å². The highest BCUT2D eigenvalue weighted by atomic mass is 16.2. The van der Waals surface area contributed by atoms with E-state index in [1.165, 1.54) is 36.3 Å². The lowest BCUT2D eigenvalue weighted by molar-refractivity contribution is 0.286. The van der Waals surface area contributed by atoms with Gasteiger partial charge in [0, 0.05) is 25.4 Å². The van der Waals surface area contributed by atoms with Crippen LogP contribution in [0.1, 0.15) is 32.6 Å². The molecule has 0 N–H and O–H groups in total. The maximum absolute atomic E-state index is 12.1. The van der Waals surface area contributed by atoms with Gasteiger partial charge in [-0.25, -0.2) is 4.79 Å². The molecule has 0 saturated heterocycles. The van der Waals surface area contributed by atoms with Crippen molar-refractivity contribution in [2.75, 3.05) is 0 Å². The highest BCUT2D eigenvalue weighted by Gasteiger charge is 2.39. The summed E-state index contributed by atoms with van der Waals surface area (Å²) in [5.41, 5.74) is -0.291. The molecule has 0 aromatic carbocycles. The van der Waals surface area contributed by atoms with Crippen molar-refractivity contribution < 1.29 is 0 Å². The lowest BCUT2D eigenvalue weighted by Gasteiger charge is -2.22. The molecule has 1 heterocycles. The second-order valence-electron chi connectivity index (χ2n) is 5.77. The molecule has 2 aliphatic carbocycles. The molecule has 0 aliphatic heterocycles. The van der Waals surface area contributed by atoms with Gasteiger partial charge in [-0.1, -0.05) is 6.42 Å². The van der Waals surface area contributed by atoms with Crippen molar-refractivity contribution in [1.82, 2.24) is 9.13 Å². The Hall–Kier alpha value is -1.32. The number of hydrogen-bond donors (Lipinski definition) is 0. The van der Waals surface area contributed by atoms with Crippen LogP contribution in [0, 0.1) is 17.8 Å². The number of aromatic nitrogens is 2. The minimum absolute atomic E-state index is 0.146. The van der Waals surface area contributed by atoms with Crippen molar-refractivity contribution in [1.29, 1.82) is 0 Å². The lowest BCUT2D eigenvalue weighted by atomic mass is 9.89. The molecule has 3 unspecified atom stereocenters. The van der Waals surface area contributed by atoms with Gasteiger partial charge in [-0.15, -0.1) is 0 Å². The monoisotopic (exact) mass is 248 g/mol. The standard InChI is InChI=1S/C14H20N2O2/c1-2-15-6-5-13(17)16(14(15)18)9-12-8-10-3-4-11(12)7-10/h5-6,10-12H,2-4,7-9H2,1H3. The molecule has 1 aromatic heterocycles. The Balaban J connectivity index is 1.89. The van der Waals surface area contributed by atoms with Crippen LogP contribution in [-0.2, 0) is 13.1 Å².